The monoisotopic (exact) mass is 146 g/mol. The number of hydrogen-bond acceptors (Lipinski definition) is 5. The highest BCUT2D eigenvalue weighted by Gasteiger charge is 2.30. The maximum Gasteiger partial charge on any atom is 0.196 e. The lowest BCUT2D eigenvalue weighted by Gasteiger charge is -2.13. The minimum Gasteiger partial charge on any atom is -0.365 e. The molecule has 0 bridgehead atoms. The lowest BCUT2D eigenvalue weighted by Crippen LogP contribution is -2.42. The molecular weight excluding hydrogens is 136 g/mol. The van der Waals surface area contributed by atoms with Crippen LogP contribution < -0.4 is 11.2 Å². The van der Waals surface area contributed by atoms with Crippen LogP contribution in [0.4, 0.5) is 0 Å². The predicted molar refractivity (Wildman–Crippen MR) is 32.7 cm³/mol. The lowest BCUT2D eigenvalue weighted by atomic mass is 10.2. The largest absolute Gasteiger partial charge is 0.365 e. The van der Waals surface area contributed by atoms with Crippen LogP contribution in [-0.2, 0) is 9.63 Å². The number of carbonyl (C=O) groups excluding carboxylic acids is 1. The van der Waals surface area contributed by atoms with Gasteiger partial charge in [0.25, 0.3) is 0 Å². The van der Waals surface area contributed by atoms with Gasteiger partial charge < -0.3 is 10.4 Å². The fourth-order valence-electron chi connectivity index (χ4n) is 0.959. The van der Waals surface area contributed by atoms with Gasteiger partial charge in [-0.25, -0.2) is 5.90 Å². The molecule has 1 aliphatic rings. The van der Waals surface area contributed by atoms with Crippen molar-refractivity contribution >= 4 is 5.78 Å². The van der Waals surface area contributed by atoms with E-state index >= 15 is 0 Å². The van der Waals surface area contributed by atoms with E-state index in [-0.39, 0.29) is 5.78 Å². The quantitative estimate of drug-likeness (QED) is 0.314. The van der Waals surface area contributed by atoms with Crippen molar-refractivity contribution in [2.75, 3.05) is 6.54 Å². The molecule has 5 heteroatoms. The third kappa shape index (κ3) is 1.32. The van der Waals surface area contributed by atoms with Crippen LogP contribution in [0.5, 0.6) is 0 Å². The topological polar surface area (TPSA) is 84.6 Å². The zero-order chi connectivity index (χ0) is 7.56. The molecule has 2 atom stereocenters. The Kier molecular flexibility index (Phi) is 2.34. The molecule has 4 N–H and O–H groups in total. The Bertz CT molecular complexity index is 139. The summed E-state index contributed by atoms with van der Waals surface area (Å²) in [4.78, 5) is 14.9. The maximum atomic E-state index is 10.8. The summed E-state index contributed by atoms with van der Waals surface area (Å²) >= 11 is 0. The first kappa shape index (κ1) is 7.62. The smallest absolute Gasteiger partial charge is 0.196 e. The molecule has 0 spiro atoms. The molecule has 0 saturated carbocycles. The van der Waals surface area contributed by atoms with Gasteiger partial charge in [-0.3, -0.25) is 9.63 Å². The van der Waals surface area contributed by atoms with Gasteiger partial charge in [0.2, 0.25) is 0 Å². The molecule has 58 valence electrons. The van der Waals surface area contributed by atoms with E-state index in [0.29, 0.717) is 13.0 Å². The summed E-state index contributed by atoms with van der Waals surface area (Å²) in [6.07, 6.45) is -0.777. The number of aliphatic hydroxyl groups excluding tert-OH is 1. The fourth-order valence-corrected chi connectivity index (χ4v) is 0.959. The summed E-state index contributed by atoms with van der Waals surface area (Å²) in [6, 6.07) is -0.634. The first-order chi connectivity index (χ1) is 4.75. The Morgan fingerprint density at radius 3 is 3.00 bits per heavy atom. The van der Waals surface area contributed by atoms with E-state index in [1.54, 1.807) is 0 Å². The molecule has 0 radical (unpaired) electrons. The highest BCUT2D eigenvalue weighted by molar-refractivity contribution is 5.86. The summed E-state index contributed by atoms with van der Waals surface area (Å²) in [5.74, 6) is 4.61. The van der Waals surface area contributed by atoms with Crippen molar-refractivity contribution in [2.24, 2.45) is 5.90 Å². The number of Topliss-reactive ketones (excluding diaryl/α,β-unsaturated/α-hetero) is 1. The molecule has 1 fully saturated rings. The second kappa shape index (κ2) is 3.07. The van der Waals surface area contributed by atoms with E-state index in [9.17, 15) is 4.79 Å². The van der Waals surface area contributed by atoms with Crippen molar-refractivity contribution in [3.05, 3.63) is 0 Å². The number of carbonyl (C=O) groups is 1. The van der Waals surface area contributed by atoms with Crippen molar-refractivity contribution < 1.29 is 14.7 Å². The van der Waals surface area contributed by atoms with Crippen molar-refractivity contribution in [3.8, 4) is 0 Å². The molecule has 1 saturated heterocycles. The van der Waals surface area contributed by atoms with Crippen molar-refractivity contribution in [2.45, 2.75) is 18.8 Å². The zero-order valence-electron chi connectivity index (χ0n) is 5.41. The molecule has 0 amide bonds. The number of nitrogens with one attached hydrogen (secondary N) is 1. The highest BCUT2D eigenvalue weighted by atomic mass is 16.7. The highest BCUT2D eigenvalue weighted by Crippen LogP contribution is 2.04. The summed E-state index contributed by atoms with van der Waals surface area (Å²) in [5, 5.41) is 11.7. The number of aliphatic hydroxyl groups is 1. The molecular formula is C5H10N2O3. The zero-order valence-corrected chi connectivity index (χ0v) is 5.41. The molecule has 1 aliphatic heterocycles. The second-order valence-corrected chi connectivity index (χ2v) is 2.17. The van der Waals surface area contributed by atoms with E-state index < -0.39 is 12.3 Å². The minimum atomic E-state index is -1.21. The fraction of sp³-hybridized carbons (Fsp3) is 0.800. The van der Waals surface area contributed by atoms with E-state index in [2.05, 4.69) is 16.1 Å². The first-order valence-corrected chi connectivity index (χ1v) is 3.05. The number of rotatable bonds is 2. The van der Waals surface area contributed by atoms with E-state index in [0.717, 1.165) is 0 Å². The van der Waals surface area contributed by atoms with E-state index in [1.165, 1.54) is 0 Å². The average molecular weight is 146 g/mol. The molecule has 0 aromatic heterocycles. The van der Waals surface area contributed by atoms with Crippen LogP contribution in [0.3, 0.4) is 0 Å². The van der Waals surface area contributed by atoms with Gasteiger partial charge in [0.15, 0.2) is 12.1 Å². The first-order valence-electron chi connectivity index (χ1n) is 3.05. The summed E-state index contributed by atoms with van der Waals surface area (Å²) in [7, 11) is 0. The molecule has 10 heavy (non-hydrogen) atoms. The second-order valence-electron chi connectivity index (χ2n) is 2.17. The van der Waals surface area contributed by atoms with Crippen molar-refractivity contribution in [1.82, 2.24) is 5.32 Å². The normalized spacial score (nSPS) is 29.0. The van der Waals surface area contributed by atoms with Crippen LogP contribution in [0, 0.1) is 0 Å². The number of ketones is 1. The third-order valence-electron chi connectivity index (χ3n) is 1.51. The minimum absolute atomic E-state index is 0.0575. The van der Waals surface area contributed by atoms with Gasteiger partial charge in [-0.15, -0.1) is 0 Å². The Labute approximate surface area is 58.1 Å². The SMILES string of the molecule is NOC(O)[C@H]1NCCC1=O. The Balaban J connectivity index is 2.46. The van der Waals surface area contributed by atoms with E-state index in [4.69, 9.17) is 5.11 Å². The van der Waals surface area contributed by atoms with Crippen LogP contribution in [0.25, 0.3) is 0 Å². The van der Waals surface area contributed by atoms with Gasteiger partial charge in [0, 0.05) is 13.0 Å². The van der Waals surface area contributed by atoms with Gasteiger partial charge in [0.05, 0.1) is 0 Å². The van der Waals surface area contributed by atoms with Gasteiger partial charge in [-0.2, -0.15) is 0 Å². The molecule has 0 aromatic rings. The van der Waals surface area contributed by atoms with Gasteiger partial charge in [-0.1, -0.05) is 0 Å². The summed E-state index contributed by atoms with van der Waals surface area (Å²) in [5.41, 5.74) is 0. The molecule has 1 rings (SSSR count). The van der Waals surface area contributed by atoms with Crippen LogP contribution in [0.1, 0.15) is 6.42 Å². The lowest BCUT2D eigenvalue weighted by molar-refractivity contribution is -0.142. The van der Waals surface area contributed by atoms with Crippen molar-refractivity contribution in [3.63, 3.8) is 0 Å². The molecule has 0 aliphatic carbocycles. The summed E-state index contributed by atoms with van der Waals surface area (Å²) in [6.45, 7) is 0.587. The predicted octanol–water partition coefficient (Wildman–Crippen LogP) is -1.87. The Morgan fingerprint density at radius 2 is 2.60 bits per heavy atom. The molecule has 0 aromatic carbocycles. The number of nitrogens with two attached hydrogens (primary N) is 1. The Morgan fingerprint density at radius 1 is 1.90 bits per heavy atom. The van der Waals surface area contributed by atoms with Gasteiger partial charge >= 0.3 is 0 Å². The maximum absolute atomic E-state index is 10.8. The molecule has 1 unspecified atom stereocenters. The van der Waals surface area contributed by atoms with Crippen LogP contribution in [0.2, 0.25) is 0 Å². The van der Waals surface area contributed by atoms with Gasteiger partial charge in [-0.05, 0) is 0 Å². The molecule has 1 heterocycles. The van der Waals surface area contributed by atoms with Crippen molar-refractivity contribution in [1.29, 1.82) is 0 Å². The average Bonchev–Trinajstić information content (AvgIpc) is 2.34. The van der Waals surface area contributed by atoms with Gasteiger partial charge in [0.1, 0.15) is 6.04 Å². The summed E-state index contributed by atoms with van der Waals surface area (Å²) < 4.78 is 0. The Hall–Kier alpha value is -0.490. The number of hydrogen-bond donors (Lipinski definition) is 3. The van der Waals surface area contributed by atoms with E-state index in [1.807, 2.05) is 0 Å². The van der Waals surface area contributed by atoms with Crippen LogP contribution >= 0.6 is 0 Å². The standard InChI is InChI=1S/C5H10N2O3/c6-10-5(9)4-3(8)1-2-7-4/h4-5,7,9H,1-2,6H2/t4-,5?/m0/s1. The third-order valence-corrected chi connectivity index (χ3v) is 1.51. The molecule has 5 nitrogen and oxygen atoms in total. The van der Waals surface area contributed by atoms with Crippen LogP contribution in [0.15, 0.2) is 0 Å². The van der Waals surface area contributed by atoms with Crippen LogP contribution in [-0.4, -0.2) is 29.8 Å².